The molecule has 1 aromatic rings. The van der Waals surface area contributed by atoms with Crippen molar-refractivity contribution < 1.29 is 0 Å². The van der Waals surface area contributed by atoms with E-state index in [1.165, 1.54) is 42.9 Å². The molecule has 2 atom stereocenters. The van der Waals surface area contributed by atoms with Gasteiger partial charge in [0.05, 0.1) is 5.01 Å². The molecule has 3 heteroatoms. The highest BCUT2D eigenvalue weighted by Crippen LogP contribution is 2.34. The highest BCUT2D eigenvalue weighted by molar-refractivity contribution is 7.09. The zero-order chi connectivity index (χ0) is 13.2. The second-order valence-electron chi connectivity index (χ2n) is 6.67. The average Bonchev–Trinajstić information content (AvgIpc) is 2.85. The van der Waals surface area contributed by atoms with E-state index >= 15 is 0 Å². The molecule has 0 radical (unpaired) electrons. The van der Waals surface area contributed by atoms with Gasteiger partial charge in [-0.15, -0.1) is 11.3 Å². The number of nitrogens with zero attached hydrogens (tertiary/aromatic N) is 1. The van der Waals surface area contributed by atoms with E-state index < -0.39 is 0 Å². The summed E-state index contributed by atoms with van der Waals surface area (Å²) in [6, 6.07) is 0. The molecule has 18 heavy (non-hydrogen) atoms. The molecule has 0 bridgehead atoms. The van der Waals surface area contributed by atoms with Crippen molar-refractivity contribution in [3.8, 4) is 0 Å². The molecule has 0 aliphatic heterocycles. The molecular weight excluding hydrogens is 240 g/mol. The van der Waals surface area contributed by atoms with Crippen LogP contribution in [0.3, 0.4) is 0 Å². The van der Waals surface area contributed by atoms with Gasteiger partial charge < -0.3 is 5.32 Å². The summed E-state index contributed by atoms with van der Waals surface area (Å²) >= 11 is 1.83. The molecule has 0 amide bonds. The third-order valence-corrected chi connectivity index (χ3v) is 4.80. The first kappa shape index (κ1) is 14.0. The highest BCUT2D eigenvalue weighted by atomic mass is 32.1. The monoisotopic (exact) mass is 266 g/mol. The summed E-state index contributed by atoms with van der Waals surface area (Å²) < 4.78 is 0. The number of hydrogen-bond donors (Lipinski definition) is 1. The van der Waals surface area contributed by atoms with E-state index in [0.29, 0.717) is 0 Å². The predicted molar refractivity (Wildman–Crippen MR) is 79.1 cm³/mol. The van der Waals surface area contributed by atoms with Crippen molar-refractivity contribution in [1.29, 1.82) is 0 Å². The average molecular weight is 266 g/mol. The zero-order valence-corrected chi connectivity index (χ0v) is 12.9. The van der Waals surface area contributed by atoms with Gasteiger partial charge in [0.2, 0.25) is 0 Å². The molecule has 2 rings (SSSR count). The normalized spacial score (nSPS) is 24.7. The van der Waals surface area contributed by atoms with Crippen LogP contribution in [0.5, 0.6) is 0 Å². The summed E-state index contributed by atoms with van der Waals surface area (Å²) in [4.78, 5) is 4.62. The van der Waals surface area contributed by atoms with Gasteiger partial charge in [0.1, 0.15) is 0 Å². The minimum absolute atomic E-state index is 0.241. The van der Waals surface area contributed by atoms with E-state index in [2.05, 4.69) is 43.4 Å². The Labute approximate surface area is 115 Å². The quantitative estimate of drug-likeness (QED) is 0.896. The Morgan fingerprint density at radius 1 is 1.33 bits per heavy atom. The largest absolute Gasteiger partial charge is 0.312 e. The molecular formula is C15H26N2S. The number of aryl methyl sites for hydroxylation is 1. The maximum Gasteiger partial charge on any atom is 0.0930 e. The first-order valence-electron chi connectivity index (χ1n) is 7.10. The Morgan fingerprint density at radius 3 is 2.67 bits per heavy atom. The van der Waals surface area contributed by atoms with Gasteiger partial charge in [0, 0.05) is 23.0 Å². The maximum absolute atomic E-state index is 4.62. The summed E-state index contributed by atoms with van der Waals surface area (Å²) in [5.41, 5.74) is 1.42. The van der Waals surface area contributed by atoms with E-state index in [1.807, 2.05) is 11.3 Å². The first-order chi connectivity index (χ1) is 8.44. The summed E-state index contributed by atoms with van der Waals surface area (Å²) in [5, 5.41) is 7.17. The van der Waals surface area contributed by atoms with Crippen LogP contribution < -0.4 is 5.32 Å². The van der Waals surface area contributed by atoms with E-state index in [1.54, 1.807) is 0 Å². The van der Waals surface area contributed by atoms with Crippen molar-refractivity contribution in [3.63, 3.8) is 0 Å². The molecule has 1 aromatic heterocycles. The summed E-state index contributed by atoms with van der Waals surface area (Å²) in [6.45, 7) is 10.0. The van der Waals surface area contributed by atoms with Crippen LogP contribution in [0, 0.1) is 18.8 Å². The van der Waals surface area contributed by atoms with Crippen molar-refractivity contribution in [2.75, 3.05) is 6.54 Å². The van der Waals surface area contributed by atoms with Gasteiger partial charge in [-0.3, -0.25) is 0 Å². The zero-order valence-electron chi connectivity index (χ0n) is 12.1. The molecule has 1 fully saturated rings. The Balaban J connectivity index is 1.87. The lowest BCUT2D eigenvalue weighted by Crippen LogP contribution is -2.40. The molecule has 0 saturated heterocycles. The summed E-state index contributed by atoms with van der Waals surface area (Å²) in [6.07, 6.45) is 5.35. The molecule has 2 nitrogen and oxygen atoms in total. The van der Waals surface area contributed by atoms with Gasteiger partial charge >= 0.3 is 0 Å². The van der Waals surface area contributed by atoms with Gasteiger partial charge in [0.15, 0.2) is 0 Å². The Bertz CT molecular complexity index is 378. The van der Waals surface area contributed by atoms with Crippen molar-refractivity contribution >= 4 is 11.3 Å². The lowest BCUT2D eigenvalue weighted by molar-refractivity contribution is 0.317. The van der Waals surface area contributed by atoms with Gasteiger partial charge in [-0.05, 0) is 58.9 Å². The topological polar surface area (TPSA) is 24.9 Å². The minimum atomic E-state index is 0.241. The van der Waals surface area contributed by atoms with Crippen LogP contribution in [-0.4, -0.2) is 17.1 Å². The van der Waals surface area contributed by atoms with Gasteiger partial charge in [-0.25, -0.2) is 4.98 Å². The summed E-state index contributed by atoms with van der Waals surface area (Å²) in [7, 11) is 0. The summed E-state index contributed by atoms with van der Waals surface area (Å²) in [5.74, 6) is 1.68. The molecule has 0 aromatic carbocycles. The molecule has 1 aliphatic rings. The fraction of sp³-hybridized carbons (Fsp3) is 0.800. The molecule has 2 unspecified atom stereocenters. The van der Waals surface area contributed by atoms with Crippen LogP contribution in [0.2, 0.25) is 0 Å². The van der Waals surface area contributed by atoms with Crippen LogP contribution >= 0.6 is 11.3 Å². The Kier molecular flexibility index (Phi) is 4.44. The van der Waals surface area contributed by atoms with Crippen LogP contribution in [0.1, 0.15) is 50.7 Å². The van der Waals surface area contributed by atoms with Crippen molar-refractivity contribution in [2.24, 2.45) is 11.8 Å². The number of nitrogens with one attached hydrogen (secondary N) is 1. The lowest BCUT2D eigenvalue weighted by Gasteiger charge is -2.26. The van der Waals surface area contributed by atoms with Crippen LogP contribution in [-0.2, 0) is 6.42 Å². The molecule has 1 N–H and O–H groups in total. The van der Waals surface area contributed by atoms with E-state index in [-0.39, 0.29) is 5.54 Å². The van der Waals surface area contributed by atoms with Gasteiger partial charge in [-0.2, -0.15) is 0 Å². The molecule has 0 spiro atoms. The van der Waals surface area contributed by atoms with Crippen LogP contribution in [0.15, 0.2) is 5.38 Å². The predicted octanol–water partition coefficient (Wildman–Crippen LogP) is 3.80. The Morgan fingerprint density at radius 2 is 2.06 bits per heavy atom. The standard InChI is InChI=1S/C15H26N2S/c1-11-10-18-14(17-11)8-12-6-5-7-13(12)9-16-15(2,3)4/h10,12-13,16H,5-9H2,1-4H3. The number of aromatic nitrogens is 1. The van der Waals surface area contributed by atoms with E-state index in [4.69, 9.17) is 0 Å². The van der Waals surface area contributed by atoms with Crippen molar-refractivity contribution in [2.45, 2.75) is 58.9 Å². The fourth-order valence-electron chi connectivity index (χ4n) is 2.81. The Hall–Kier alpha value is -0.410. The maximum atomic E-state index is 4.62. The third kappa shape index (κ3) is 4.06. The van der Waals surface area contributed by atoms with Crippen molar-refractivity contribution in [3.05, 3.63) is 16.1 Å². The SMILES string of the molecule is Cc1csc(CC2CCCC2CNC(C)(C)C)n1. The van der Waals surface area contributed by atoms with Gasteiger partial charge in [0.25, 0.3) is 0 Å². The molecule has 1 aliphatic carbocycles. The molecule has 102 valence electrons. The van der Waals surface area contributed by atoms with Crippen molar-refractivity contribution in [1.82, 2.24) is 10.3 Å². The highest BCUT2D eigenvalue weighted by Gasteiger charge is 2.28. The van der Waals surface area contributed by atoms with E-state index in [9.17, 15) is 0 Å². The molecule has 1 heterocycles. The number of thiazole rings is 1. The van der Waals surface area contributed by atoms with E-state index in [0.717, 1.165) is 11.8 Å². The lowest BCUT2D eigenvalue weighted by atomic mass is 9.92. The fourth-order valence-corrected chi connectivity index (χ4v) is 3.68. The smallest absolute Gasteiger partial charge is 0.0930 e. The first-order valence-corrected chi connectivity index (χ1v) is 7.98. The third-order valence-electron chi connectivity index (χ3n) is 3.81. The molecule has 1 saturated carbocycles. The second-order valence-corrected chi connectivity index (χ2v) is 7.61. The van der Waals surface area contributed by atoms with Crippen LogP contribution in [0.25, 0.3) is 0 Å². The minimum Gasteiger partial charge on any atom is -0.312 e. The number of rotatable bonds is 4. The van der Waals surface area contributed by atoms with Crippen LogP contribution in [0.4, 0.5) is 0 Å². The number of hydrogen-bond acceptors (Lipinski definition) is 3. The van der Waals surface area contributed by atoms with Gasteiger partial charge in [-0.1, -0.05) is 6.42 Å². The second kappa shape index (κ2) is 5.70.